The number of likely N-dealkylation sites (tertiary alicyclic amines) is 1. The minimum Gasteiger partial charge on any atom is -0.493 e. The zero-order valence-corrected chi connectivity index (χ0v) is 17.9. The molecule has 0 bridgehead atoms. The number of rotatable bonds is 3. The van der Waals surface area contributed by atoms with Gasteiger partial charge in [-0.05, 0) is 51.5 Å². The minimum absolute atomic E-state index is 0.0699. The highest BCUT2D eigenvalue weighted by Crippen LogP contribution is 2.42. The quantitative estimate of drug-likeness (QED) is 0.690. The van der Waals surface area contributed by atoms with E-state index in [1.54, 1.807) is 7.11 Å². The van der Waals surface area contributed by atoms with Crippen LogP contribution in [0, 0.1) is 11.8 Å². The lowest BCUT2D eigenvalue weighted by Crippen LogP contribution is -2.36. The van der Waals surface area contributed by atoms with Gasteiger partial charge in [0.15, 0.2) is 11.5 Å². The Hall–Kier alpha value is -2.28. The predicted octanol–water partition coefficient (Wildman–Crippen LogP) is 4.32. The molecule has 4 rings (SSSR count). The molecule has 0 spiro atoms. The maximum atomic E-state index is 12.3. The Morgan fingerprint density at radius 3 is 2.45 bits per heavy atom. The summed E-state index contributed by atoms with van der Waals surface area (Å²) >= 11 is 6.21. The number of hydrogen-bond donors (Lipinski definition) is 0. The molecule has 1 amide bonds. The molecule has 2 fully saturated rings. The number of fused-ring (bicyclic) bond motifs is 2. The predicted molar refractivity (Wildman–Crippen MR) is 110 cm³/mol. The molecule has 1 aromatic heterocycles. The molecule has 2 heterocycles. The summed E-state index contributed by atoms with van der Waals surface area (Å²) in [5.41, 5.74) is 0.239. The molecular weight excluding hydrogens is 394 g/mol. The van der Waals surface area contributed by atoms with Gasteiger partial charge in [-0.15, -0.1) is 0 Å². The fourth-order valence-corrected chi connectivity index (χ4v) is 4.47. The number of amides is 1. The van der Waals surface area contributed by atoms with Gasteiger partial charge in [0.05, 0.1) is 18.7 Å². The van der Waals surface area contributed by atoms with Crippen molar-refractivity contribution in [2.24, 2.45) is 11.8 Å². The smallest absolute Gasteiger partial charge is 0.410 e. The van der Waals surface area contributed by atoms with Crippen molar-refractivity contribution in [1.29, 1.82) is 0 Å². The van der Waals surface area contributed by atoms with Crippen LogP contribution < -0.4 is 9.47 Å². The second-order valence-electron chi connectivity index (χ2n) is 8.80. The topological polar surface area (TPSA) is 73.8 Å². The number of ether oxygens (including phenoxy) is 3. The van der Waals surface area contributed by atoms with Crippen LogP contribution in [0.4, 0.5) is 4.79 Å². The summed E-state index contributed by atoms with van der Waals surface area (Å²) in [7, 11) is 1.61. The van der Waals surface area contributed by atoms with Crippen molar-refractivity contribution < 1.29 is 19.0 Å². The van der Waals surface area contributed by atoms with Crippen molar-refractivity contribution in [2.45, 2.75) is 45.3 Å². The summed E-state index contributed by atoms with van der Waals surface area (Å²) in [6.45, 7) is 7.10. The Balaban J connectivity index is 1.43. The van der Waals surface area contributed by atoms with Gasteiger partial charge in [0.1, 0.15) is 17.1 Å². The summed E-state index contributed by atoms with van der Waals surface area (Å²) in [6.07, 6.45) is 3.06. The van der Waals surface area contributed by atoms with E-state index < -0.39 is 5.60 Å². The van der Waals surface area contributed by atoms with Gasteiger partial charge in [-0.1, -0.05) is 11.6 Å². The Morgan fingerprint density at radius 2 is 1.83 bits per heavy atom. The summed E-state index contributed by atoms with van der Waals surface area (Å²) in [4.78, 5) is 22.4. The third kappa shape index (κ3) is 4.20. The Labute approximate surface area is 175 Å². The van der Waals surface area contributed by atoms with Crippen molar-refractivity contribution in [3.8, 4) is 11.5 Å². The molecule has 1 aromatic carbocycles. The summed E-state index contributed by atoms with van der Waals surface area (Å²) in [5.74, 6) is 2.11. The van der Waals surface area contributed by atoms with Crippen molar-refractivity contribution >= 4 is 28.6 Å². The van der Waals surface area contributed by atoms with Crippen LogP contribution in [0.5, 0.6) is 11.5 Å². The van der Waals surface area contributed by atoms with Crippen LogP contribution in [0.15, 0.2) is 18.5 Å². The van der Waals surface area contributed by atoms with Gasteiger partial charge in [-0.25, -0.2) is 14.8 Å². The standard InChI is InChI=1S/C21H26ClN3O4/c1-21(2,3)29-20(26)25-9-12-5-14(6-13(12)10-25)28-18-7-15-16(8-17(18)27-4)23-11-24-19(15)22/h7-8,11-14H,5-6,9-10H2,1-4H3/t12-,13+,14?. The van der Waals surface area contributed by atoms with E-state index in [0.29, 0.717) is 47.1 Å². The molecule has 2 aliphatic rings. The third-order valence-corrected chi connectivity index (χ3v) is 5.83. The van der Waals surface area contributed by atoms with E-state index >= 15 is 0 Å². The van der Waals surface area contributed by atoms with Crippen LogP contribution in [0.1, 0.15) is 33.6 Å². The summed E-state index contributed by atoms with van der Waals surface area (Å²) in [5, 5.41) is 1.12. The number of nitrogens with zero attached hydrogens (tertiary/aromatic N) is 3. The number of halogens is 1. The minimum atomic E-state index is -0.474. The van der Waals surface area contributed by atoms with Gasteiger partial charge in [-0.3, -0.25) is 0 Å². The fourth-order valence-electron chi connectivity index (χ4n) is 4.28. The molecule has 2 aromatic rings. The maximum absolute atomic E-state index is 12.3. The molecule has 8 heteroatoms. The number of carbonyl (C=O) groups is 1. The molecule has 29 heavy (non-hydrogen) atoms. The molecule has 7 nitrogen and oxygen atoms in total. The first kappa shape index (κ1) is 20.0. The first-order valence-electron chi connectivity index (χ1n) is 9.86. The van der Waals surface area contributed by atoms with E-state index in [-0.39, 0.29) is 12.2 Å². The Morgan fingerprint density at radius 1 is 1.14 bits per heavy atom. The van der Waals surface area contributed by atoms with Crippen LogP contribution in [-0.4, -0.2) is 52.9 Å². The van der Waals surface area contributed by atoms with Crippen molar-refractivity contribution in [3.63, 3.8) is 0 Å². The van der Waals surface area contributed by atoms with Gasteiger partial charge in [0, 0.05) is 24.5 Å². The second-order valence-corrected chi connectivity index (χ2v) is 9.16. The van der Waals surface area contributed by atoms with Gasteiger partial charge in [-0.2, -0.15) is 0 Å². The molecule has 0 N–H and O–H groups in total. The van der Waals surface area contributed by atoms with Crippen LogP contribution in [0.2, 0.25) is 5.15 Å². The number of carbonyl (C=O) groups excluding carboxylic acids is 1. The van der Waals surface area contributed by atoms with Crippen LogP contribution >= 0.6 is 11.6 Å². The molecule has 1 saturated heterocycles. The van der Waals surface area contributed by atoms with Crippen molar-refractivity contribution in [3.05, 3.63) is 23.6 Å². The van der Waals surface area contributed by atoms with Crippen molar-refractivity contribution in [1.82, 2.24) is 14.9 Å². The number of hydrogen-bond acceptors (Lipinski definition) is 6. The highest BCUT2D eigenvalue weighted by molar-refractivity contribution is 6.34. The van der Waals surface area contributed by atoms with Gasteiger partial charge >= 0.3 is 6.09 Å². The SMILES string of the molecule is COc1cc2ncnc(Cl)c2cc1OC1C[C@@H]2CN(C(=O)OC(C)(C)C)C[C@@H]2C1. The molecule has 1 saturated carbocycles. The molecule has 156 valence electrons. The fraction of sp³-hybridized carbons (Fsp3) is 0.571. The van der Waals surface area contributed by atoms with E-state index in [9.17, 15) is 4.79 Å². The lowest BCUT2D eigenvalue weighted by molar-refractivity contribution is 0.0272. The number of methoxy groups -OCH3 is 1. The largest absolute Gasteiger partial charge is 0.493 e. The van der Waals surface area contributed by atoms with E-state index in [4.69, 9.17) is 25.8 Å². The Bertz CT molecular complexity index is 916. The van der Waals surface area contributed by atoms with Crippen LogP contribution in [-0.2, 0) is 4.74 Å². The first-order valence-corrected chi connectivity index (χ1v) is 10.2. The monoisotopic (exact) mass is 419 g/mol. The second kappa shape index (κ2) is 7.52. The van der Waals surface area contributed by atoms with E-state index in [2.05, 4.69) is 9.97 Å². The molecular formula is C21H26ClN3O4. The highest BCUT2D eigenvalue weighted by Gasteiger charge is 2.44. The summed E-state index contributed by atoms with van der Waals surface area (Å²) in [6, 6.07) is 3.66. The maximum Gasteiger partial charge on any atom is 0.410 e. The van der Waals surface area contributed by atoms with Crippen LogP contribution in [0.25, 0.3) is 10.9 Å². The number of aromatic nitrogens is 2. The van der Waals surface area contributed by atoms with E-state index in [1.165, 1.54) is 6.33 Å². The number of benzene rings is 1. The highest BCUT2D eigenvalue weighted by atomic mass is 35.5. The lowest BCUT2D eigenvalue weighted by Gasteiger charge is -2.25. The molecule has 3 atom stereocenters. The summed E-state index contributed by atoms with van der Waals surface area (Å²) < 4.78 is 17.3. The molecule has 1 aliphatic carbocycles. The molecule has 1 aliphatic heterocycles. The molecule has 0 radical (unpaired) electrons. The normalized spacial score (nSPS) is 23.9. The zero-order chi connectivity index (χ0) is 20.8. The molecule has 1 unspecified atom stereocenters. The zero-order valence-electron chi connectivity index (χ0n) is 17.1. The van der Waals surface area contributed by atoms with E-state index in [0.717, 1.165) is 18.2 Å². The van der Waals surface area contributed by atoms with E-state index in [1.807, 2.05) is 37.8 Å². The van der Waals surface area contributed by atoms with Gasteiger partial charge in [0.25, 0.3) is 0 Å². The third-order valence-electron chi connectivity index (χ3n) is 5.53. The average molecular weight is 420 g/mol. The Kier molecular flexibility index (Phi) is 5.19. The average Bonchev–Trinajstić information content (AvgIpc) is 3.19. The van der Waals surface area contributed by atoms with Crippen LogP contribution in [0.3, 0.4) is 0 Å². The lowest BCUT2D eigenvalue weighted by atomic mass is 10.0. The van der Waals surface area contributed by atoms with Gasteiger partial charge in [0.2, 0.25) is 0 Å². The first-order chi connectivity index (χ1) is 13.7. The van der Waals surface area contributed by atoms with Crippen molar-refractivity contribution in [2.75, 3.05) is 20.2 Å². The van der Waals surface area contributed by atoms with Gasteiger partial charge < -0.3 is 19.1 Å².